The van der Waals surface area contributed by atoms with Gasteiger partial charge in [-0.1, -0.05) is 65.8 Å². The molecule has 3 aromatic rings. The third-order valence-electron chi connectivity index (χ3n) is 5.97. The second-order valence-corrected chi connectivity index (χ2v) is 11.3. The van der Waals surface area contributed by atoms with Crippen molar-refractivity contribution >= 4 is 31.2 Å². The van der Waals surface area contributed by atoms with E-state index in [9.17, 15) is 9.67 Å². The second-order valence-electron chi connectivity index (χ2n) is 8.49. The maximum Gasteiger partial charge on any atom is 0.469 e. The number of rotatable bonds is 11. The molecule has 34 heavy (non-hydrogen) atoms. The van der Waals surface area contributed by atoms with Gasteiger partial charge in [0.05, 0.1) is 13.2 Å². The first-order valence-electron chi connectivity index (χ1n) is 10.8. The number of benzene rings is 3. The molecule has 0 heterocycles. The quantitative estimate of drug-likeness (QED) is 0.278. The summed E-state index contributed by atoms with van der Waals surface area (Å²) in [5.74, 6) is 0.849. The molecule has 0 aliphatic heterocycles. The Kier molecular flexibility index (Phi) is 8.05. The van der Waals surface area contributed by atoms with Gasteiger partial charge >= 0.3 is 7.82 Å². The number of hydrogen-bond acceptors (Lipinski definition) is 5. The molecular weight excluding hydrogens is 495 g/mol. The highest BCUT2D eigenvalue weighted by Gasteiger charge is 2.54. The van der Waals surface area contributed by atoms with E-state index in [1.807, 2.05) is 72.8 Å². The molecule has 0 spiro atoms. The summed E-state index contributed by atoms with van der Waals surface area (Å²) in [4.78, 5) is 19.9. The molecular formula is C25H26ClO6PS. The van der Waals surface area contributed by atoms with E-state index in [1.54, 1.807) is 11.8 Å². The minimum absolute atomic E-state index is 0.0542. The van der Waals surface area contributed by atoms with E-state index in [1.165, 1.54) is 0 Å². The maximum absolute atomic E-state index is 11.0. The number of phosphoric ester groups is 1. The van der Waals surface area contributed by atoms with Crippen LogP contribution in [-0.4, -0.2) is 28.1 Å². The van der Waals surface area contributed by atoms with Gasteiger partial charge in [-0.15, -0.1) is 0 Å². The zero-order valence-corrected chi connectivity index (χ0v) is 20.8. The van der Waals surface area contributed by atoms with Crippen molar-refractivity contribution in [3.05, 3.63) is 88.9 Å². The minimum atomic E-state index is -4.57. The summed E-state index contributed by atoms with van der Waals surface area (Å²) in [6.45, 7) is 0.143. The van der Waals surface area contributed by atoms with Gasteiger partial charge < -0.3 is 19.6 Å². The van der Waals surface area contributed by atoms with Crippen LogP contribution in [-0.2, 0) is 22.1 Å². The smallest absolute Gasteiger partial charge is 0.469 e. The number of ether oxygens (including phenoxy) is 1. The fourth-order valence-corrected chi connectivity index (χ4v) is 5.53. The van der Waals surface area contributed by atoms with E-state index in [0.29, 0.717) is 24.5 Å². The lowest BCUT2D eigenvalue weighted by Crippen LogP contribution is -2.18. The zero-order valence-electron chi connectivity index (χ0n) is 18.3. The van der Waals surface area contributed by atoms with Crippen molar-refractivity contribution in [2.75, 3.05) is 13.2 Å². The van der Waals surface area contributed by atoms with Gasteiger partial charge in [0.2, 0.25) is 0 Å². The fraction of sp³-hybridized carbons (Fsp3) is 0.280. The van der Waals surface area contributed by atoms with Crippen molar-refractivity contribution in [3.8, 4) is 5.75 Å². The van der Waals surface area contributed by atoms with Gasteiger partial charge in [-0.25, -0.2) is 4.57 Å². The molecule has 4 rings (SSSR count). The molecule has 1 aliphatic rings. The van der Waals surface area contributed by atoms with Crippen molar-refractivity contribution in [3.63, 3.8) is 0 Å². The Bertz CT molecular complexity index is 1170. The maximum atomic E-state index is 11.0. The first kappa shape index (κ1) is 25.3. The molecule has 0 radical (unpaired) electrons. The predicted molar refractivity (Wildman–Crippen MR) is 132 cm³/mol. The van der Waals surface area contributed by atoms with Crippen LogP contribution < -0.4 is 4.74 Å². The Morgan fingerprint density at radius 2 is 1.79 bits per heavy atom. The molecule has 0 saturated heterocycles. The first-order valence-corrected chi connectivity index (χ1v) is 13.5. The summed E-state index contributed by atoms with van der Waals surface area (Å²) in [6, 6.07) is 23.8. The molecule has 3 N–H and O–H groups in total. The van der Waals surface area contributed by atoms with Crippen LogP contribution in [0.1, 0.15) is 17.5 Å². The molecule has 0 amide bonds. The van der Waals surface area contributed by atoms with Crippen LogP contribution in [0.4, 0.5) is 0 Å². The van der Waals surface area contributed by atoms with E-state index >= 15 is 0 Å². The summed E-state index contributed by atoms with van der Waals surface area (Å²) in [5, 5.41) is 10.3. The van der Waals surface area contributed by atoms with E-state index in [4.69, 9.17) is 26.1 Å². The van der Waals surface area contributed by atoms with Crippen molar-refractivity contribution < 1.29 is 28.7 Å². The van der Waals surface area contributed by atoms with Gasteiger partial charge in [0.25, 0.3) is 0 Å². The highest BCUT2D eigenvalue weighted by Crippen LogP contribution is 2.56. The van der Waals surface area contributed by atoms with Crippen LogP contribution >= 0.6 is 31.2 Å². The number of aliphatic hydroxyl groups excluding tert-OH is 1. The van der Waals surface area contributed by atoms with Crippen molar-refractivity contribution in [1.29, 1.82) is 0 Å². The third kappa shape index (κ3) is 6.86. The largest absolute Gasteiger partial charge is 0.489 e. The number of hydrogen-bond donors (Lipinski definition) is 3. The van der Waals surface area contributed by atoms with Crippen LogP contribution in [0.25, 0.3) is 0 Å². The molecule has 1 saturated carbocycles. The average molecular weight is 521 g/mol. The summed E-state index contributed by atoms with van der Waals surface area (Å²) >= 11 is 8.13. The Morgan fingerprint density at radius 1 is 1.03 bits per heavy atom. The fourth-order valence-electron chi connectivity index (χ4n) is 3.88. The summed E-state index contributed by atoms with van der Waals surface area (Å²) in [5.41, 5.74) is 1.41. The molecule has 0 bridgehead atoms. The zero-order chi connectivity index (χ0) is 24.2. The van der Waals surface area contributed by atoms with E-state index in [2.05, 4.69) is 4.52 Å². The van der Waals surface area contributed by atoms with E-state index < -0.39 is 13.2 Å². The highest BCUT2D eigenvalue weighted by molar-refractivity contribution is 7.99. The van der Waals surface area contributed by atoms with Crippen LogP contribution in [0.5, 0.6) is 5.75 Å². The number of phosphoric acid groups is 1. The average Bonchev–Trinajstić information content (AvgIpc) is 3.52. The Balaban J connectivity index is 1.35. The normalized spacial score (nSPS) is 19.7. The summed E-state index contributed by atoms with van der Waals surface area (Å²) in [6.07, 6.45) is 1.24. The Hall–Kier alpha value is -1.83. The van der Waals surface area contributed by atoms with Crippen molar-refractivity contribution in [2.45, 2.75) is 29.2 Å². The number of halogens is 1. The minimum Gasteiger partial charge on any atom is -0.489 e. The topological polar surface area (TPSA) is 96.2 Å². The second kappa shape index (κ2) is 10.8. The molecule has 1 aliphatic carbocycles. The van der Waals surface area contributed by atoms with Gasteiger partial charge in [0, 0.05) is 20.2 Å². The van der Waals surface area contributed by atoms with Gasteiger partial charge in [0.15, 0.2) is 0 Å². The van der Waals surface area contributed by atoms with Gasteiger partial charge in [-0.2, -0.15) is 0 Å². The summed E-state index contributed by atoms with van der Waals surface area (Å²) < 4.78 is 21.6. The van der Waals surface area contributed by atoms with Gasteiger partial charge in [0.1, 0.15) is 12.4 Å². The lowest BCUT2D eigenvalue weighted by molar-refractivity contribution is 0.107. The van der Waals surface area contributed by atoms with Crippen molar-refractivity contribution in [2.24, 2.45) is 11.3 Å². The Labute approximate surface area is 208 Å². The van der Waals surface area contributed by atoms with E-state index in [-0.39, 0.29) is 19.1 Å². The molecule has 3 aromatic carbocycles. The number of aliphatic hydroxyl groups is 1. The third-order valence-corrected chi connectivity index (χ3v) is 7.77. The molecule has 1 fully saturated rings. The van der Waals surface area contributed by atoms with E-state index in [0.717, 1.165) is 26.7 Å². The molecule has 1 unspecified atom stereocenters. The molecule has 6 nitrogen and oxygen atoms in total. The standard InChI is InChI=1S/C25H26ClO6PS/c26-24-13-23(10-9-19(24)11-20-14-25(20,16-27)17-32-33(28,29)30)34-22-8-4-7-21(12-22)31-15-18-5-2-1-3-6-18/h1-10,12-13,20,27H,11,14-17H2,(H2,28,29,30)/t20?,25-/m1/s1. The molecule has 0 aromatic heterocycles. The van der Waals surface area contributed by atoms with Gasteiger partial charge in [-0.3, -0.25) is 4.52 Å². The molecule has 2 atom stereocenters. The first-order chi connectivity index (χ1) is 16.3. The van der Waals surface area contributed by atoms with Crippen LogP contribution in [0.2, 0.25) is 5.02 Å². The van der Waals surface area contributed by atoms with Crippen LogP contribution in [0, 0.1) is 11.3 Å². The molecule has 180 valence electrons. The predicted octanol–water partition coefficient (Wildman–Crippen LogP) is 5.72. The lowest BCUT2D eigenvalue weighted by Gasteiger charge is -2.15. The van der Waals surface area contributed by atoms with Crippen LogP contribution in [0.3, 0.4) is 0 Å². The molecule has 9 heteroatoms. The SMILES string of the molecule is O=P(O)(O)OC[C@]1(CO)CC1Cc1ccc(Sc2cccc(OCc3ccccc3)c2)cc1Cl. The van der Waals surface area contributed by atoms with Gasteiger partial charge in [-0.05, 0) is 60.2 Å². The Morgan fingerprint density at radius 3 is 2.50 bits per heavy atom. The van der Waals surface area contributed by atoms with Crippen LogP contribution in [0.15, 0.2) is 82.6 Å². The highest BCUT2D eigenvalue weighted by atomic mass is 35.5. The van der Waals surface area contributed by atoms with Crippen molar-refractivity contribution in [1.82, 2.24) is 0 Å². The monoisotopic (exact) mass is 520 g/mol. The summed E-state index contributed by atoms with van der Waals surface area (Å²) in [7, 11) is -4.57. The lowest BCUT2D eigenvalue weighted by atomic mass is 10.0.